The number of imidazole rings is 1. The summed E-state index contributed by atoms with van der Waals surface area (Å²) in [4.78, 5) is 10.5. The van der Waals surface area contributed by atoms with Gasteiger partial charge >= 0.3 is 0 Å². The quantitative estimate of drug-likeness (QED) is 0.153. The Kier molecular flexibility index (Phi) is 8.80. The molecular formula is C62H44N4O. The Morgan fingerprint density at radius 2 is 1.01 bits per heavy atom. The number of aromatic nitrogens is 2. The summed E-state index contributed by atoms with van der Waals surface area (Å²) in [6, 6.07) is 82.6. The molecule has 2 aromatic heterocycles. The molecule has 67 heavy (non-hydrogen) atoms. The molecule has 2 heterocycles. The Hall–Kier alpha value is -8.67. The first kappa shape index (κ1) is 38.8. The first-order chi connectivity index (χ1) is 33.0. The van der Waals surface area contributed by atoms with E-state index in [1.165, 1.54) is 33.0 Å². The minimum Gasteiger partial charge on any atom is -0.456 e. The molecule has 0 bridgehead atoms. The molecule has 0 saturated heterocycles. The molecule has 0 atom stereocenters. The minimum atomic E-state index is -0.350. The molecule has 0 unspecified atom stereocenters. The lowest BCUT2D eigenvalue weighted by molar-refractivity contribution is 0.662. The predicted molar refractivity (Wildman–Crippen MR) is 278 cm³/mol. The third kappa shape index (κ3) is 6.19. The van der Waals surface area contributed by atoms with Gasteiger partial charge in [0.1, 0.15) is 17.0 Å². The third-order valence-corrected chi connectivity index (χ3v) is 13.7. The van der Waals surface area contributed by atoms with Gasteiger partial charge in [0.15, 0.2) is 0 Å². The zero-order valence-corrected chi connectivity index (χ0v) is 37.1. The van der Waals surface area contributed by atoms with E-state index in [0.717, 1.165) is 84.2 Å². The molecule has 0 amide bonds. The van der Waals surface area contributed by atoms with Crippen molar-refractivity contribution in [3.8, 4) is 28.2 Å². The van der Waals surface area contributed by atoms with Crippen LogP contribution >= 0.6 is 0 Å². The Bertz CT molecular complexity index is 3800. The van der Waals surface area contributed by atoms with Gasteiger partial charge in [0.2, 0.25) is 0 Å². The largest absolute Gasteiger partial charge is 0.456 e. The summed E-state index contributed by atoms with van der Waals surface area (Å²) in [6.07, 6.45) is 0. The summed E-state index contributed by atoms with van der Waals surface area (Å²) in [5.74, 6) is 0.882. The maximum Gasteiger partial charge on any atom is 0.145 e. The van der Waals surface area contributed by atoms with Crippen LogP contribution in [-0.4, -0.2) is 9.55 Å². The van der Waals surface area contributed by atoms with Crippen LogP contribution in [0.3, 0.4) is 0 Å². The van der Waals surface area contributed by atoms with Crippen LogP contribution in [0.5, 0.6) is 0 Å². The summed E-state index contributed by atoms with van der Waals surface area (Å²) < 4.78 is 8.88. The number of furan rings is 1. The number of hydrogen-bond donors (Lipinski definition) is 0. The lowest BCUT2D eigenvalue weighted by Gasteiger charge is -2.32. The fourth-order valence-electron chi connectivity index (χ4n) is 10.6. The van der Waals surface area contributed by atoms with Crippen LogP contribution in [0, 0.1) is 0 Å². The average molecular weight is 861 g/mol. The molecule has 1 aliphatic carbocycles. The van der Waals surface area contributed by atoms with Gasteiger partial charge in [0.05, 0.1) is 16.7 Å². The van der Waals surface area contributed by atoms with Crippen molar-refractivity contribution in [3.63, 3.8) is 0 Å². The van der Waals surface area contributed by atoms with E-state index in [1.54, 1.807) is 0 Å². The number of fused-ring (bicyclic) bond motifs is 8. The van der Waals surface area contributed by atoms with Gasteiger partial charge in [0, 0.05) is 61.4 Å². The van der Waals surface area contributed by atoms with E-state index in [4.69, 9.17) is 9.40 Å². The molecule has 0 spiro atoms. The molecule has 13 rings (SSSR count). The second-order valence-corrected chi connectivity index (χ2v) is 18.0. The van der Waals surface area contributed by atoms with Crippen molar-refractivity contribution in [2.75, 3.05) is 9.80 Å². The van der Waals surface area contributed by atoms with Crippen LogP contribution in [0.15, 0.2) is 235 Å². The molecule has 1 aliphatic rings. The Morgan fingerprint density at radius 1 is 0.448 bits per heavy atom. The van der Waals surface area contributed by atoms with E-state index in [-0.39, 0.29) is 5.41 Å². The second kappa shape index (κ2) is 15.2. The van der Waals surface area contributed by atoms with Crippen LogP contribution < -0.4 is 9.80 Å². The van der Waals surface area contributed by atoms with Gasteiger partial charge in [-0.2, -0.15) is 0 Å². The third-order valence-electron chi connectivity index (χ3n) is 13.7. The Balaban J connectivity index is 1.20. The lowest BCUT2D eigenvalue weighted by atomic mass is 9.81. The van der Waals surface area contributed by atoms with Gasteiger partial charge in [-0.3, -0.25) is 4.57 Å². The topological polar surface area (TPSA) is 37.4 Å². The summed E-state index contributed by atoms with van der Waals surface area (Å²) in [5, 5.41) is 4.57. The normalized spacial score (nSPS) is 12.7. The zero-order chi connectivity index (χ0) is 44.6. The zero-order valence-electron chi connectivity index (χ0n) is 37.1. The molecule has 318 valence electrons. The Morgan fingerprint density at radius 3 is 1.73 bits per heavy atom. The maximum absolute atomic E-state index is 6.50. The number of benzene rings is 10. The van der Waals surface area contributed by atoms with Gasteiger partial charge in [-0.05, 0) is 125 Å². The number of nitrogens with zero attached hydrogens (tertiary/aromatic N) is 4. The highest BCUT2D eigenvalue weighted by atomic mass is 16.3. The standard InChI is InChI=1S/C62H44N4O/c1-62(2)53-37-43-23-16-15-22-42(43)36-52(53)58-54(62)40-55-59(66(46-28-13-6-14-29-46)61(63-55)41-20-7-3-8-21-41)60(58)65(49-34-35-57-51(39-49)50-32-17-18-33-56(50)67-57)48-31-19-30-47(38-48)64(44-24-9-4-10-25-44)45-26-11-5-12-27-45/h3-40H,1-2H3. The molecule has 5 heteroatoms. The lowest BCUT2D eigenvalue weighted by Crippen LogP contribution is -2.17. The van der Waals surface area contributed by atoms with Crippen molar-refractivity contribution < 1.29 is 4.42 Å². The highest BCUT2D eigenvalue weighted by Gasteiger charge is 2.41. The monoisotopic (exact) mass is 860 g/mol. The molecule has 0 radical (unpaired) electrons. The van der Waals surface area contributed by atoms with Gasteiger partial charge in [-0.15, -0.1) is 0 Å². The SMILES string of the molecule is CC1(C)c2cc3ccccc3cc2-c2c1cc1nc(-c3ccccc3)n(-c3ccccc3)c1c2N(c1cccc(N(c2ccccc2)c2ccccc2)c1)c1ccc2oc3ccccc3c2c1. The predicted octanol–water partition coefficient (Wildman–Crippen LogP) is 17.0. The van der Waals surface area contributed by atoms with E-state index in [1.807, 2.05) is 6.07 Å². The number of rotatable bonds is 8. The van der Waals surface area contributed by atoms with Crippen molar-refractivity contribution >= 4 is 77.9 Å². The molecular weight excluding hydrogens is 817 g/mol. The highest BCUT2D eigenvalue weighted by Crippen LogP contribution is 2.58. The van der Waals surface area contributed by atoms with Gasteiger partial charge in [0.25, 0.3) is 0 Å². The Labute approximate surface area is 389 Å². The molecule has 5 nitrogen and oxygen atoms in total. The fourth-order valence-corrected chi connectivity index (χ4v) is 10.6. The van der Waals surface area contributed by atoms with Crippen molar-refractivity contribution in [1.29, 1.82) is 0 Å². The first-order valence-corrected chi connectivity index (χ1v) is 23.0. The maximum atomic E-state index is 6.50. The van der Waals surface area contributed by atoms with E-state index in [0.29, 0.717) is 0 Å². The summed E-state index contributed by atoms with van der Waals surface area (Å²) in [7, 11) is 0. The number of hydrogen-bond acceptors (Lipinski definition) is 4. The van der Waals surface area contributed by atoms with E-state index >= 15 is 0 Å². The van der Waals surface area contributed by atoms with Crippen LogP contribution in [0.2, 0.25) is 0 Å². The second-order valence-electron chi connectivity index (χ2n) is 18.0. The average Bonchev–Trinajstić information content (AvgIpc) is 4.02. The van der Waals surface area contributed by atoms with Crippen molar-refractivity contribution in [2.45, 2.75) is 19.3 Å². The fraction of sp³-hybridized carbons (Fsp3) is 0.0484. The summed E-state index contributed by atoms with van der Waals surface area (Å²) in [6.45, 7) is 4.75. The highest BCUT2D eigenvalue weighted by molar-refractivity contribution is 6.12. The molecule has 0 fully saturated rings. The van der Waals surface area contributed by atoms with E-state index < -0.39 is 0 Å². The first-order valence-electron chi connectivity index (χ1n) is 23.0. The molecule has 0 saturated carbocycles. The smallest absolute Gasteiger partial charge is 0.145 e. The van der Waals surface area contributed by atoms with Gasteiger partial charge in [-0.1, -0.05) is 147 Å². The number of para-hydroxylation sites is 4. The van der Waals surface area contributed by atoms with Crippen LogP contribution in [0.25, 0.3) is 71.9 Å². The van der Waals surface area contributed by atoms with Crippen molar-refractivity contribution in [3.05, 3.63) is 242 Å². The summed E-state index contributed by atoms with van der Waals surface area (Å²) in [5.41, 5.74) is 16.6. The van der Waals surface area contributed by atoms with E-state index in [2.05, 4.69) is 253 Å². The minimum absolute atomic E-state index is 0.350. The van der Waals surface area contributed by atoms with Crippen LogP contribution in [0.1, 0.15) is 25.0 Å². The molecule has 10 aromatic carbocycles. The molecule has 12 aromatic rings. The number of anilines is 6. The van der Waals surface area contributed by atoms with Gasteiger partial charge < -0.3 is 14.2 Å². The van der Waals surface area contributed by atoms with E-state index in [9.17, 15) is 0 Å². The van der Waals surface area contributed by atoms with Crippen molar-refractivity contribution in [1.82, 2.24) is 9.55 Å². The van der Waals surface area contributed by atoms with Crippen LogP contribution in [-0.2, 0) is 5.41 Å². The molecule has 0 aliphatic heterocycles. The molecule has 0 N–H and O–H groups in total. The van der Waals surface area contributed by atoms with Crippen LogP contribution in [0.4, 0.5) is 34.1 Å². The van der Waals surface area contributed by atoms with Gasteiger partial charge in [-0.25, -0.2) is 4.98 Å². The van der Waals surface area contributed by atoms with Crippen molar-refractivity contribution in [2.24, 2.45) is 0 Å². The summed E-state index contributed by atoms with van der Waals surface area (Å²) >= 11 is 0.